The van der Waals surface area contributed by atoms with Crippen molar-refractivity contribution in [3.8, 4) is 0 Å². The van der Waals surface area contributed by atoms with Gasteiger partial charge in [-0.15, -0.1) is 0 Å². The van der Waals surface area contributed by atoms with Gasteiger partial charge in [0.1, 0.15) is 4.90 Å². The van der Waals surface area contributed by atoms with Gasteiger partial charge in [0.05, 0.1) is 0 Å². The SMILES string of the molecule is O=C(O)OS(=O)(=O)c1ccccc1. The summed E-state index contributed by atoms with van der Waals surface area (Å²) in [6.45, 7) is 0. The molecule has 0 bridgehead atoms. The molecule has 0 fully saturated rings. The summed E-state index contributed by atoms with van der Waals surface area (Å²) in [6, 6.07) is 7.05. The Morgan fingerprint density at radius 1 is 1.23 bits per heavy atom. The van der Waals surface area contributed by atoms with Gasteiger partial charge in [-0.05, 0) is 12.1 Å². The molecular formula is C7H6O5S. The molecule has 0 saturated carbocycles. The van der Waals surface area contributed by atoms with Crippen LogP contribution in [-0.2, 0) is 14.3 Å². The summed E-state index contributed by atoms with van der Waals surface area (Å²) in [4.78, 5) is 9.80. The molecule has 1 aromatic carbocycles. The van der Waals surface area contributed by atoms with Crippen molar-refractivity contribution >= 4 is 16.3 Å². The summed E-state index contributed by atoms with van der Waals surface area (Å²) in [5, 5.41) is 8.11. The van der Waals surface area contributed by atoms with Crippen LogP contribution in [-0.4, -0.2) is 19.7 Å². The van der Waals surface area contributed by atoms with Crippen LogP contribution in [0.25, 0.3) is 0 Å². The highest BCUT2D eigenvalue weighted by molar-refractivity contribution is 7.87. The van der Waals surface area contributed by atoms with Crippen LogP contribution in [0.2, 0.25) is 0 Å². The molecule has 0 unspecified atom stereocenters. The van der Waals surface area contributed by atoms with Crippen molar-refractivity contribution in [1.29, 1.82) is 0 Å². The molecule has 6 heteroatoms. The van der Waals surface area contributed by atoms with E-state index >= 15 is 0 Å². The molecular weight excluding hydrogens is 196 g/mol. The zero-order valence-corrected chi connectivity index (χ0v) is 7.19. The zero-order valence-electron chi connectivity index (χ0n) is 6.38. The second kappa shape index (κ2) is 3.44. The average Bonchev–Trinajstić information content (AvgIpc) is 2.04. The first kappa shape index (κ1) is 9.53. The Labute approximate surface area is 74.7 Å². The van der Waals surface area contributed by atoms with Gasteiger partial charge in [0.15, 0.2) is 0 Å². The number of rotatable bonds is 2. The van der Waals surface area contributed by atoms with E-state index in [0.717, 1.165) is 0 Å². The Kier molecular flexibility index (Phi) is 2.52. The quantitative estimate of drug-likeness (QED) is 0.725. The Balaban J connectivity index is 3.02. The van der Waals surface area contributed by atoms with Crippen LogP contribution >= 0.6 is 0 Å². The monoisotopic (exact) mass is 202 g/mol. The van der Waals surface area contributed by atoms with E-state index in [1.165, 1.54) is 24.3 Å². The maximum Gasteiger partial charge on any atom is 0.522 e. The molecule has 0 heterocycles. The first-order valence-electron chi connectivity index (χ1n) is 3.25. The average molecular weight is 202 g/mol. The predicted octanol–water partition coefficient (Wildman–Crippen LogP) is 1.07. The van der Waals surface area contributed by atoms with E-state index in [1.54, 1.807) is 6.07 Å². The van der Waals surface area contributed by atoms with Gasteiger partial charge in [0.25, 0.3) is 0 Å². The van der Waals surface area contributed by atoms with Crippen LogP contribution in [0.4, 0.5) is 4.79 Å². The standard InChI is InChI=1S/C7H6O5S/c8-7(9)12-13(10,11)6-4-2-1-3-5-6/h1-5H,(H,8,9). The molecule has 0 aliphatic heterocycles. The number of hydrogen-bond acceptors (Lipinski definition) is 4. The van der Waals surface area contributed by atoms with Crippen molar-refractivity contribution < 1.29 is 22.5 Å². The van der Waals surface area contributed by atoms with Gasteiger partial charge in [0.2, 0.25) is 0 Å². The summed E-state index contributed by atoms with van der Waals surface area (Å²) in [6.07, 6.45) is -1.84. The first-order valence-corrected chi connectivity index (χ1v) is 4.65. The van der Waals surface area contributed by atoms with Crippen molar-refractivity contribution in [2.75, 3.05) is 0 Å². The van der Waals surface area contributed by atoms with Gasteiger partial charge >= 0.3 is 16.3 Å². The summed E-state index contributed by atoms with van der Waals surface area (Å²) < 4.78 is 25.8. The van der Waals surface area contributed by atoms with E-state index in [0.29, 0.717) is 0 Å². The van der Waals surface area contributed by atoms with Crippen LogP contribution < -0.4 is 0 Å². The van der Waals surface area contributed by atoms with Gasteiger partial charge in [-0.2, -0.15) is 8.42 Å². The highest BCUT2D eigenvalue weighted by atomic mass is 32.2. The predicted molar refractivity (Wildman–Crippen MR) is 42.7 cm³/mol. The smallest absolute Gasteiger partial charge is 0.449 e. The van der Waals surface area contributed by atoms with E-state index in [-0.39, 0.29) is 4.90 Å². The van der Waals surface area contributed by atoms with Crippen LogP contribution in [0.3, 0.4) is 0 Å². The molecule has 1 rings (SSSR count). The fraction of sp³-hybridized carbons (Fsp3) is 0. The molecule has 0 saturated heterocycles. The molecule has 5 nitrogen and oxygen atoms in total. The minimum atomic E-state index is -4.16. The van der Waals surface area contributed by atoms with Gasteiger partial charge in [-0.1, -0.05) is 18.2 Å². The topological polar surface area (TPSA) is 80.7 Å². The third-order valence-electron chi connectivity index (χ3n) is 1.21. The molecule has 0 radical (unpaired) electrons. The van der Waals surface area contributed by atoms with Crippen LogP contribution in [0.15, 0.2) is 35.2 Å². The minimum absolute atomic E-state index is 0.183. The highest BCUT2D eigenvalue weighted by Gasteiger charge is 2.18. The molecule has 0 aliphatic carbocycles. The van der Waals surface area contributed by atoms with E-state index in [1.807, 2.05) is 0 Å². The Hall–Kier alpha value is -1.56. The van der Waals surface area contributed by atoms with Gasteiger partial charge < -0.3 is 9.29 Å². The minimum Gasteiger partial charge on any atom is -0.449 e. The van der Waals surface area contributed by atoms with E-state index in [4.69, 9.17) is 5.11 Å². The Morgan fingerprint density at radius 2 is 1.77 bits per heavy atom. The van der Waals surface area contributed by atoms with E-state index in [9.17, 15) is 13.2 Å². The fourth-order valence-corrected chi connectivity index (χ4v) is 1.50. The largest absolute Gasteiger partial charge is 0.522 e. The van der Waals surface area contributed by atoms with Gasteiger partial charge in [-0.3, -0.25) is 0 Å². The van der Waals surface area contributed by atoms with Crippen molar-refractivity contribution in [3.63, 3.8) is 0 Å². The van der Waals surface area contributed by atoms with Crippen molar-refractivity contribution in [2.24, 2.45) is 0 Å². The van der Waals surface area contributed by atoms with Crippen LogP contribution in [0, 0.1) is 0 Å². The van der Waals surface area contributed by atoms with Gasteiger partial charge in [0, 0.05) is 0 Å². The molecule has 13 heavy (non-hydrogen) atoms. The summed E-state index contributed by atoms with van der Waals surface area (Å²) in [7, 11) is -4.16. The highest BCUT2D eigenvalue weighted by Crippen LogP contribution is 2.10. The van der Waals surface area contributed by atoms with Crippen LogP contribution in [0.1, 0.15) is 0 Å². The second-order valence-electron chi connectivity index (χ2n) is 2.12. The van der Waals surface area contributed by atoms with Gasteiger partial charge in [-0.25, -0.2) is 4.79 Å². The molecule has 0 aliphatic rings. The second-order valence-corrected chi connectivity index (χ2v) is 3.66. The first-order chi connectivity index (χ1) is 6.02. The lowest BCUT2D eigenvalue weighted by Crippen LogP contribution is -2.10. The normalized spacial score (nSPS) is 10.8. The number of hydrogen-bond donors (Lipinski definition) is 1. The number of benzene rings is 1. The lowest BCUT2D eigenvalue weighted by molar-refractivity contribution is 0.147. The fourth-order valence-electron chi connectivity index (χ4n) is 0.729. The molecule has 70 valence electrons. The lowest BCUT2D eigenvalue weighted by atomic mass is 10.4. The molecule has 0 spiro atoms. The van der Waals surface area contributed by atoms with Crippen molar-refractivity contribution in [2.45, 2.75) is 4.90 Å². The molecule has 0 atom stereocenters. The molecule has 1 N–H and O–H groups in total. The van der Waals surface area contributed by atoms with Crippen molar-refractivity contribution in [3.05, 3.63) is 30.3 Å². The van der Waals surface area contributed by atoms with Crippen molar-refractivity contribution in [1.82, 2.24) is 0 Å². The Morgan fingerprint density at radius 3 is 2.23 bits per heavy atom. The molecule has 0 amide bonds. The van der Waals surface area contributed by atoms with E-state index < -0.39 is 16.3 Å². The summed E-state index contributed by atoms with van der Waals surface area (Å²) in [5.41, 5.74) is 0. The molecule has 1 aromatic rings. The van der Waals surface area contributed by atoms with Crippen LogP contribution in [0.5, 0.6) is 0 Å². The van der Waals surface area contributed by atoms with E-state index in [2.05, 4.69) is 4.18 Å². The summed E-state index contributed by atoms with van der Waals surface area (Å²) >= 11 is 0. The zero-order chi connectivity index (χ0) is 9.90. The Bertz CT molecular complexity index is 394. The third-order valence-corrected chi connectivity index (χ3v) is 2.42. The summed E-state index contributed by atoms with van der Waals surface area (Å²) in [5.74, 6) is 0. The number of carbonyl (C=O) groups is 1. The number of carboxylic acid groups (broad SMARTS) is 1. The third kappa shape index (κ3) is 2.45. The maximum atomic E-state index is 11.0. The lowest BCUT2D eigenvalue weighted by Gasteiger charge is -2.00. The molecule has 0 aromatic heterocycles. The maximum absolute atomic E-state index is 11.0.